The van der Waals surface area contributed by atoms with Gasteiger partial charge in [0.15, 0.2) is 5.58 Å². The van der Waals surface area contributed by atoms with Gasteiger partial charge in [-0.2, -0.15) is 4.98 Å². The number of para-hydroxylation sites is 2. The van der Waals surface area contributed by atoms with Crippen molar-refractivity contribution in [3.8, 4) is 0 Å². The van der Waals surface area contributed by atoms with Crippen molar-refractivity contribution in [3.05, 3.63) is 48.0 Å². The van der Waals surface area contributed by atoms with Crippen LogP contribution in [0.15, 0.2) is 46.9 Å². The summed E-state index contributed by atoms with van der Waals surface area (Å²) < 4.78 is 5.75. The van der Waals surface area contributed by atoms with Crippen molar-refractivity contribution in [2.24, 2.45) is 0 Å². The molecule has 0 saturated heterocycles. The van der Waals surface area contributed by atoms with Crippen LogP contribution >= 0.6 is 0 Å². The summed E-state index contributed by atoms with van der Waals surface area (Å²) in [5.41, 5.74) is 10.2. The van der Waals surface area contributed by atoms with Crippen LogP contribution < -0.4 is 10.6 Å². The molecule has 4 heteroatoms. The summed E-state index contributed by atoms with van der Waals surface area (Å²) in [4.78, 5) is 6.39. The van der Waals surface area contributed by atoms with E-state index >= 15 is 0 Å². The monoisotopic (exact) mass is 253 g/mol. The summed E-state index contributed by atoms with van der Waals surface area (Å²) in [6.07, 6.45) is 0. The Morgan fingerprint density at radius 2 is 1.89 bits per heavy atom. The van der Waals surface area contributed by atoms with Gasteiger partial charge in [-0.25, -0.2) is 0 Å². The SMILES string of the molecule is Cc1ccccc1N(C)c1nc2c(N)cccc2o1. The minimum atomic E-state index is 0.544. The Kier molecular flexibility index (Phi) is 2.63. The second-order valence-corrected chi connectivity index (χ2v) is 4.54. The molecule has 0 atom stereocenters. The van der Waals surface area contributed by atoms with Gasteiger partial charge < -0.3 is 10.2 Å². The zero-order chi connectivity index (χ0) is 13.4. The Labute approximate surface area is 111 Å². The summed E-state index contributed by atoms with van der Waals surface area (Å²) in [6.45, 7) is 2.06. The predicted octanol–water partition coefficient (Wildman–Crippen LogP) is 3.49. The van der Waals surface area contributed by atoms with Gasteiger partial charge in [0.25, 0.3) is 0 Å². The van der Waals surface area contributed by atoms with Gasteiger partial charge in [-0.15, -0.1) is 0 Å². The third kappa shape index (κ3) is 1.91. The average molecular weight is 253 g/mol. The van der Waals surface area contributed by atoms with Gasteiger partial charge >= 0.3 is 6.01 Å². The Morgan fingerprint density at radius 1 is 1.11 bits per heavy atom. The highest BCUT2D eigenvalue weighted by molar-refractivity contribution is 5.87. The Balaban J connectivity index is 2.10. The van der Waals surface area contributed by atoms with Gasteiger partial charge in [0.05, 0.1) is 5.69 Å². The van der Waals surface area contributed by atoms with E-state index in [1.807, 2.05) is 48.3 Å². The van der Waals surface area contributed by atoms with E-state index in [1.54, 1.807) is 0 Å². The molecule has 19 heavy (non-hydrogen) atoms. The van der Waals surface area contributed by atoms with E-state index in [9.17, 15) is 0 Å². The van der Waals surface area contributed by atoms with Crippen molar-refractivity contribution in [1.29, 1.82) is 0 Å². The number of hydrogen-bond donors (Lipinski definition) is 1. The van der Waals surface area contributed by atoms with Crippen molar-refractivity contribution in [1.82, 2.24) is 4.98 Å². The third-order valence-corrected chi connectivity index (χ3v) is 3.20. The smallest absolute Gasteiger partial charge is 0.302 e. The average Bonchev–Trinajstić information content (AvgIpc) is 2.84. The van der Waals surface area contributed by atoms with E-state index in [0.717, 1.165) is 5.69 Å². The van der Waals surface area contributed by atoms with Gasteiger partial charge in [-0.1, -0.05) is 24.3 Å². The van der Waals surface area contributed by atoms with Crippen molar-refractivity contribution in [2.45, 2.75) is 6.92 Å². The maximum Gasteiger partial charge on any atom is 0.302 e. The quantitative estimate of drug-likeness (QED) is 0.710. The molecule has 4 nitrogen and oxygen atoms in total. The normalized spacial score (nSPS) is 10.8. The first-order valence-electron chi connectivity index (χ1n) is 6.11. The summed E-state index contributed by atoms with van der Waals surface area (Å²) in [5.74, 6) is 0. The molecule has 2 aromatic carbocycles. The van der Waals surface area contributed by atoms with Crippen molar-refractivity contribution >= 4 is 28.5 Å². The Morgan fingerprint density at radius 3 is 2.63 bits per heavy atom. The number of nitrogens with zero attached hydrogens (tertiary/aromatic N) is 2. The van der Waals surface area contributed by atoms with Gasteiger partial charge in [-0.05, 0) is 30.7 Å². The first-order valence-corrected chi connectivity index (χ1v) is 6.11. The lowest BCUT2D eigenvalue weighted by Crippen LogP contribution is -2.10. The molecule has 2 N–H and O–H groups in total. The van der Waals surface area contributed by atoms with E-state index in [-0.39, 0.29) is 0 Å². The van der Waals surface area contributed by atoms with E-state index in [2.05, 4.69) is 18.0 Å². The number of nitrogen functional groups attached to an aromatic ring is 1. The van der Waals surface area contributed by atoms with Crippen LogP contribution in [0.2, 0.25) is 0 Å². The predicted molar refractivity (Wildman–Crippen MR) is 77.7 cm³/mol. The van der Waals surface area contributed by atoms with Crippen LogP contribution in [0, 0.1) is 6.92 Å². The van der Waals surface area contributed by atoms with Crippen LogP contribution in [0.5, 0.6) is 0 Å². The first kappa shape index (κ1) is 11.6. The highest BCUT2D eigenvalue weighted by Crippen LogP contribution is 2.30. The molecule has 0 radical (unpaired) electrons. The van der Waals surface area contributed by atoms with E-state index in [4.69, 9.17) is 10.2 Å². The van der Waals surface area contributed by atoms with Crippen LogP contribution in [0.1, 0.15) is 5.56 Å². The number of anilines is 3. The lowest BCUT2D eigenvalue weighted by atomic mass is 10.2. The number of oxazole rings is 1. The molecule has 0 spiro atoms. The molecule has 1 aromatic heterocycles. The third-order valence-electron chi connectivity index (χ3n) is 3.20. The minimum Gasteiger partial charge on any atom is -0.423 e. The standard InChI is InChI=1S/C15H15N3O/c1-10-6-3-4-8-12(10)18(2)15-17-14-11(16)7-5-9-13(14)19-15/h3-9H,16H2,1-2H3. The van der Waals surface area contributed by atoms with Crippen LogP contribution in [0.25, 0.3) is 11.1 Å². The number of fused-ring (bicyclic) bond motifs is 1. The lowest BCUT2D eigenvalue weighted by molar-refractivity contribution is 0.603. The van der Waals surface area contributed by atoms with Crippen LogP contribution in [-0.2, 0) is 0 Å². The lowest BCUT2D eigenvalue weighted by Gasteiger charge is -2.16. The fourth-order valence-electron chi connectivity index (χ4n) is 2.14. The fraction of sp³-hybridized carbons (Fsp3) is 0.133. The topological polar surface area (TPSA) is 55.3 Å². The number of nitrogens with two attached hydrogens (primary N) is 1. The summed E-state index contributed by atoms with van der Waals surface area (Å²) >= 11 is 0. The maximum atomic E-state index is 5.90. The highest BCUT2D eigenvalue weighted by atomic mass is 16.4. The largest absolute Gasteiger partial charge is 0.423 e. The number of benzene rings is 2. The van der Waals surface area contributed by atoms with Crippen molar-refractivity contribution in [3.63, 3.8) is 0 Å². The zero-order valence-corrected chi connectivity index (χ0v) is 10.9. The molecule has 1 heterocycles. The first-order chi connectivity index (χ1) is 9.16. The van der Waals surface area contributed by atoms with Gasteiger partial charge in [-0.3, -0.25) is 4.90 Å². The molecule has 3 aromatic rings. The molecule has 0 saturated carbocycles. The molecule has 0 amide bonds. The molecule has 0 aliphatic rings. The van der Waals surface area contributed by atoms with Crippen LogP contribution in [0.3, 0.4) is 0 Å². The number of aromatic nitrogens is 1. The van der Waals surface area contributed by atoms with E-state index < -0.39 is 0 Å². The number of rotatable bonds is 2. The second-order valence-electron chi connectivity index (χ2n) is 4.54. The summed E-state index contributed by atoms with van der Waals surface area (Å²) in [5, 5.41) is 0. The van der Waals surface area contributed by atoms with Gasteiger partial charge in [0, 0.05) is 12.7 Å². The summed E-state index contributed by atoms with van der Waals surface area (Å²) in [6, 6.07) is 14.2. The molecular weight excluding hydrogens is 238 g/mol. The Hall–Kier alpha value is -2.49. The summed E-state index contributed by atoms with van der Waals surface area (Å²) in [7, 11) is 1.93. The second kappa shape index (κ2) is 4.31. The molecular formula is C15H15N3O. The Bertz CT molecular complexity index is 733. The minimum absolute atomic E-state index is 0.544. The van der Waals surface area contributed by atoms with Crippen molar-refractivity contribution in [2.75, 3.05) is 17.7 Å². The molecule has 3 rings (SSSR count). The fourth-order valence-corrected chi connectivity index (χ4v) is 2.14. The van der Waals surface area contributed by atoms with Crippen molar-refractivity contribution < 1.29 is 4.42 Å². The molecule has 0 unspecified atom stereocenters. The zero-order valence-electron chi connectivity index (χ0n) is 10.9. The van der Waals surface area contributed by atoms with E-state index in [1.165, 1.54) is 5.56 Å². The van der Waals surface area contributed by atoms with Gasteiger partial charge in [0.1, 0.15) is 5.52 Å². The molecule has 0 fully saturated rings. The highest BCUT2D eigenvalue weighted by Gasteiger charge is 2.14. The van der Waals surface area contributed by atoms with Crippen LogP contribution in [0.4, 0.5) is 17.4 Å². The van der Waals surface area contributed by atoms with Crippen LogP contribution in [-0.4, -0.2) is 12.0 Å². The maximum absolute atomic E-state index is 5.90. The molecule has 96 valence electrons. The molecule has 0 aliphatic carbocycles. The molecule has 0 aliphatic heterocycles. The number of hydrogen-bond acceptors (Lipinski definition) is 4. The number of aryl methyl sites for hydroxylation is 1. The molecule has 0 bridgehead atoms. The van der Waals surface area contributed by atoms with Gasteiger partial charge in [0.2, 0.25) is 0 Å². The van der Waals surface area contributed by atoms with E-state index in [0.29, 0.717) is 22.8 Å².